The Balaban J connectivity index is 1.34. The fraction of sp³-hybridized carbons (Fsp3) is 0.409. The molecule has 2 aromatic rings. The van der Waals surface area contributed by atoms with Crippen LogP contribution < -0.4 is 9.80 Å². The summed E-state index contributed by atoms with van der Waals surface area (Å²) < 4.78 is 10.6. The number of morpholine rings is 1. The zero-order valence-electron chi connectivity index (χ0n) is 17.6. The predicted molar refractivity (Wildman–Crippen MR) is 118 cm³/mol. The van der Waals surface area contributed by atoms with Crippen LogP contribution in [0.1, 0.15) is 9.75 Å². The minimum atomic E-state index is -0.435. The Morgan fingerprint density at radius 1 is 1.13 bits per heavy atom. The van der Waals surface area contributed by atoms with Crippen molar-refractivity contribution < 1.29 is 23.9 Å². The van der Waals surface area contributed by atoms with Crippen LogP contribution in [0.5, 0.6) is 0 Å². The Morgan fingerprint density at radius 3 is 2.48 bits per heavy atom. The molecule has 3 amide bonds. The Hall–Kier alpha value is -2.91. The van der Waals surface area contributed by atoms with E-state index in [4.69, 9.17) is 9.47 Å². The van der Waals surface area contributed by atoms with Gasteiger partial charge in [0.1, 0.15) is 12.7 Å². The number of cyclic esters (lactones) is 1. The highest BCUT2D eigenvalue weighted by molar-refractivity contribution is 7.12. The van der Waals surface area contributed by atoms with Gasteiger partial charge in [-0.05, 0) is 43.3 Å². The average Bonchev–Trinajstić information content (AvgIpc) is 3.33. The standard InChI is InChI=1S/C22H25N3O5S/c1-15-3-8-19(31-15)11-20(26)23(2)12-18-13-25(22(28)30-18)17-6-4-16(5-7-17)24-9-10-29-14-21(24)27/h3-8,18H,9-14H2,1-2H3/t18-/m0/s1. The summed E-state index contributed by atoms with van der Waals surface area (Å²) in [4.78, 5) is 43.9. The molecule has 0 saturated carbocycles. The lowest BCUT2D eigenvalue weighted by atomic mass is 10.2. The van der Waals surface area contributed by atoms with Crippen molar-refractivity contribution in [1.82, 2.24) is 4.90 Å². The minimum absolute atomic E-state index is 0.00381. The van der Waals surface area contributed by atoms with E-state index in [1.165, 1.54) is 4.88 Å². The maximum Gasteiger partial charge on any atom is 0.414 e. The number of amides is 3. The van der Waals surface area contributed by atoms with Crippen molar-refractivity contribution in [2.75, 3.05) is 49.7 Å². The van der Waals surface area contributed by atoms with E-state index in [-0.39, 0.29) is 18.4 Å². The van der Waals surface area contributed by atoms with Crippen LogP contribution in [0.15, 0.2) is 36.4 Å². The summed E-state index contributed by atoms with van der Waals surface area (Å²) in [6.45, 7) is 3.82. The van der Waals surface area contributed by atoms with Crippen LogP contribution in [-0.4, -0.2) is 68.8 Å². The van der Waals surface area contributed by atoms with E-state index in [2.05, 4.69) is 0 Å². The Labute approximate surface area is 184 Å². The number of likely N-dealkylation sites (N-methyl/N-ethyl adjacent to an activating group) is 1. The van der Waals surface area contributed by atoms with Crippen LogP contribution in [0.4, 0.5) is 16.2 Å². The quantitative estimate of drug-likeness (QED) is 0.685. The van der Waals surface area contributed by atoms with Gasteiger partial charge in [-0.15, -0.1) is 11.3 Å². The zero-order chi connectivity index (χ0) is 22.0. The molecule has 31 heavy (non-hydrogen) atoms. The molecule has 1 aromatic heterocycles. The summed E-state index contributed by atoms with van der Waals surface area (Å²) in [7, 11) is 1.73. The number of nitrogens with zero attached hydrogens (tertiary/aromatic N) is 3. The molecule has 4 rings (SSSR count). The Morgan fingerprint density at radius 2 is 1.84 bits per heavy atom. The third-order valence-corrected chi connectivity index (χ3v) is 6.36. The van der Waals surface area contributed by atoms with Gasteiger partial charge in [-0.25, -0.2) is 4.79 Å². The highest BCUT2D eigenvalue weighted by Crippen LogP contribution is 2.26. The van der Waals surface area contributed by atoms with Crippen molar-refractivity contribution in [2.24, 2.45) is 0 Å². The Kier molecular flexibility index (Phi) is 6.24. The molecule has 2 fully saturated rings. The van der Waals surface area contributed by atoms with Crippen molar-refractivity contribution in [3.05, 3.63) is 46.2 Å². The molecule has 2 saturated heterocycles. The first-order chi connectivity index (χ1) is 14.9. The minimum Gasteiger partial charge on any atom is -0.442 e. The van der Waals surface area contributed by atoms with E-state index >= 15 is 0 Å². The molecule has 0 N–H and O–H groups in total. The van der Waals surface area contributed by atoms with Crippen molar-refractivity contribution in [3.63, 3.8) is 0 Å². The third kappa shape index (κ3) is 4.88. The van der Waals surface area contributed by atoms with E-state index in [0.717, 1.165) is 10.6 Å². The van der Waals surface area contributed by atoms with E-state index in [0.29, 0.717) is 38.3 Å². The van der Waals surface area contributed by atoms with Gasteiger partial charge in [0.2, 0.25) is 5.91 Å². The van der Waals surface area contributed by atoms with Gasteiger partial charge >= 0.3 is 6.09 Å². The molecule has 2 aliphatic heterocycles. The number of benzene rings is 1. The van der Waals surface area contributed by atoms with Gasteiger partial charge in [0.05, 0.1) is 26.1 Å². The largest absolute Gasteiger partial charge is 0.442 e. The number of ether oxygens (including phenoxy) is 2. The third-order valence-electron chi connectivity index (χ3n) is 5.36. The number of carbonyl (C=O) groups is 3. The van der Waals surface area contributed by atoms with Crippen molar-refractivity contribution >= 4 is 40.6 Å². The van der Waals surface area contributed by atoms with Gasteiger partial charge in [0, 0.05) is 34.7 Å². The highest BCUT2D eigenvalue weighted by Gasteiger charge is 2.34. The summed E-state index contributed by atoms with van der Waals surface area (Å²) in [5.74, 6) is -0.0825. The van der Waals surface area contributed by atoms with Crippen molar-refractivity contribution in [2.45, 2.75) is 19.4 Å². The fourth-order valence-corrected chi connectivity index (χ4v) is 4.58. The van der Waals surface area contributed by atoms with Crippen LogP contribution in [0.3, 0.4) is 0 Å². The molecular formula is C22H25N3O5S. The second-order valence-corrected chi connectivity index (χ2v) is 9.07. The normalized spacial score (nSPS) is 19.0. The number of rotatable bonds is 6. The van der Waals surface area contributed by atoms with Gasteiger partial charge < -0.3 is 19.3 Å². The summed E-state index contributed by atoms with van der Waals surface area (Å²) >= 11 is 1.61. The van der Waals surface area contributed by atoms with Gasteiger partial charge in [0.15, 0.2) is 0 Å². The van der Waals surface area contributed by atoms with Crippen LogP contribution in [0.25, 0.3) is 0 Å². The monoisotopic (exact) mass is 443 g/mol. The lowest BCUT2D eigenvalue weighted by molar-refractivity contribution is -0.130. The van der Waals surface area contributed by atoms with Gasteiger partial charge in [-0.2, -0.15) is 0 Å². The number of anilines is 2. The first-order valence-corrected chi connectivity index (χ1v) is 11.0. The SMILES string of the molecule is Cc1ccc(CC(=O)N(C)C[C@H]2CN(c3ccc(N4CCOCC4=O)cc3)C(=O)O2)s1. The van der Waals surface area contributed by atoms with Crippen LogP contribution in [-0.2, 0) is 25.5 Å². The van der Waals surface area contributed by atoms with E-state index in [9.17, 15) is 14.4 Å². The van der Waals surface area contributed by atoms with Crippen LogP contribution >= 0.6 is 11.3 Å². The smallest absolute Gasteiger partial charge is 0.414 e. The van der Waals surface area contributed by atoms with Crippen LogP contribution in [0.2, 0.25) is 0 Å². The van der Waals surface area contributed by atoms with E-state index in [1.54, 1.807) is 45.2 Å². The lowest BCUT2D eigenvalue weighted by Gasteiger charge is -2.27. The number of hydrogen-bond donors (Lipinski definition) is 0. The molecule has 0 spiro atoms. The maximum absolute atomic E-state index is 12.5. The molecule has 0 aliphatic carbocycles. The molecule has 1 atom stereocenters. The maximum atomic E-state index is 12.5. The van der Waals surface area contributed by atoms with E-state index < -0.39 is 12.2 Å². The van der Waals surface area contributed by atoms with Crippen molar-refractivity contribution in [3.8, 4) is 0 Å². The fourth-order valence-electron chi connectivity index (χ4n) is 3.70. The molecular weight excluding hydrogens is 418 g/mol. The van der Waals surface area contributed by atoms with Gasteiger partial charge in [-0.1, -0.05) is 0 Å². The Bertz CT molecular complexity index is 974. The van der Waals surface area contributed by atoms with E-state index in [1.807, 2.05) is 31.2 Å². The molecule has 0 bridgehead atoms. The second kappa shape index (κ2) is 9.07. The number of aryl methyl sites for hydroxylation is 1. The van der Waals surface area contributed by atoms with Crippen LogP contribution in [0, 0.1) is 6.92 Å². The molecule has 1 aromatic carbocycles. The molecule has 3 heterocycles. The predicted octanol–water partition coefficient (Wildman–Crippen LogP) is 2.45. The second-order valence-electron chi connectivity index (χ2n) is 7.69. The first-order valence-electron chi connectivity index (χ1n) is 10.2. The summed E-state index contributed by atoms with van der Waals surface area (Å²) in [6.07, 6.45) is -0.483. The number of carbonyl (C=O) groups excluding carboxylic acids is 3. The lowest BCUT2D eigenvalue weighted by Crippen LogP contribution is -2.41. The topological polar surface area (TPSA) is 79.4 Å². The molecule has 2 aliphatic rings. The number of thiophene rings is 1. The number of hydrogen-bond acceptors (Lipinski definition) is 6. The molecule has 0 radical (unpaired) electrons. The average molecular weight is 444 g/mol. The summed E-state index contributed by atoms with van der Waals surface area (Å²) in [5, 5.41) is 0. The summed E-state index contributed by atoms with van der Waals surface area (Å²) in [5.41, 5.74) is 1.47. The molecule has 9 heteroatoms. The first kappa shape index (κ1) is 21.3. The highest BCUT2D eigenvalue weighted by atomic mass is 32.1. The molecule has 0 unspecified atom stereocenters. The van der Waals surface area contributed by atoms with Gasteiger partial charge in [-0.3, -0.25) is 14.5 Å². The molecule has 8 nitrogen and oxygen atoms in total. The summed E-state index contributed by atoms with van der Waals surface area (Å²) in [6, 6.07) is 11.2. The van der Waals surface area contributed by atoms with Crippen molar-refractivity contribution in [1.29, 1.82) is 0 Å². The zero-order valence-corrected chi connectivity index (χ0v) is 18.4. The molecule has 164 valence electrons. The van der Waals surface area contributed by atoms with Gasteiger partial charge in [0.25, 0.3) is 5.91 Å².